The van der Waals surface area contributed by atoms with Gasteiger partial charge in [-0.1, -0.05) is 28.8 Å². The van der Waals surface area contributed by atoms with E-state index in [0.29, 0.717) is 19.3 Å². The molecule has 0 aromatic heterocycles. The first-order valence-electron chi connectivity index (χ1n) is 6.11. The normalized spacial score (nSPS) is 16.3. The minimum absolute atomic E-state index is 0.405. The quantitative estimate of drug-likeness (QED) is 0.646. The summed E-state index contributed by atoms with van der Waals surface area (Å²) in [6, 6.07) is 7.83. The molecule has 1 saturated carbocycles. The van der Waals surface area contributed by atoms with Crippen molar-refractivity contribution < 1.29 is 9.57 Å². The summed E-state index contributed by atoms with van der Waals surface area (Å²) in [6.45, 7) is 1.33. The predicted molar refractivity (Wildman–Crippen MR) is 71.0 cm³/mol. The summed E-state index contributed by atoms with van der Waals surface area (Å²) in [6.07, 6.45) is 5.35. The highest BCUT2D eigenvalue weighted by Crippen LogP contribution is 2.19. The fraction of sp³-hybridized carbons (Fsp3) is 0.538. The van der Waals surface area contributed by atoms with Crippen molar-refractivity contribution in [2.75, 3.05) is 13.2 Å². The number of hydrogen-bond donors (Lipinski definition) is 1. The van der Waals surface area contributed by atoms with Crippen molar-refractivity contribution >= 4 is 15.9 Å². The van der Waals surface area contributed by atoms with Gasteiger partial charge in [0.25, 0.3) is 0 Å². The number of halogens is 1. The topological polar surface area (TPSA) is 30.5 Å². The molecule has 0 bridgehead atoms. The lowest BCUT2D eigenvalue weighted by Crippen LogP contribution is -2.26. The van der Waals surface area contributed by atoms with Crippen LogP contribution in [0.3, 0.4) is 0 Å². The number of rotatable bonds is 6. The smallest absolute Gasteiger partial charge is 0.119 e. The van der Waals surface area contributed by atoms with Gasteiger partial charge in [0.15, 0.2) is 0 Å². The van der Waals surface area contributed by atoms with Crippen LogP contribution in [0.1, 0.15) is 25.7 Å². The molecule has 0 heterocycles. The Balaban J connectivity index is 1.55. The van der Waals surface area contributed by atoms with Gasteiger partial charge in [0, 0.05) is 4.47 Å². The van der Waals surface area contributed by atoms with Crippen molar-refractivity contribution in [1.82, 2.24) is 5.48 Å². The molecule has 0 radical (unpaired) electrons. The van der Waals surface area contributed by atoms with Crippen molar-refractivity contribution in [3.63, 3.8) is 0 Å². The van der Waals surface area contributed by atoms with Crippen molar-refractivity contribution in [2.45, 2.75) is 31.8 Å². The van der Waals surface area contributed by atoms with E-state index in [0.717, 1.165) is 10.2 Å². The SMILES string of the molecule is Brc1ccc(OCCNOC2CCCC2)cc1. The second-order valence-electron chi connectivity index (χ2n) is 4.22. The minimum Gasteiger partial charge on any atom is -0.492 e. The van der Waals surface area contributed by atoms with Gasteiger partial charge in [-0.3, -0.25) is 4.84 Å². The molecule has 0 atom stereocenters. The number of hydroxylamine groups is 1. The van der Waals surface area contributed by atoms with Crippen molar-refractivity contribution in [2.24, 2.45) is 0 Å². The summed E-state index contributed by atoms with van der Waals surface area (Å²) in [5, 5.41) is 0. The Morgan fingerprint density at radius 3 is 2.59 bits per heavy atom. The van der Waals surface area contributed by atoms with E-state index in [1.807, 2.05) is 24.3 Å². The van der Waals surface area contributed by atoms with E-state index in [2.05, 4.69) is 21.4 Å². The predicted octanol–water partition coefficient (Wildman–Crippen LogP) is 3.29. The Labute approximate surface area is 111 Å². The molecule has 94 valence electrons. The fourth-order valence-electron chi connectivity index (χ4n) is 1.92. The Kier molecular flexibility index (Phi) is 5.29. The molecule has 0 spiro atoms. The van der Waals surface area contributed by atoms with E-state index < -0.39 is 0 Å². The lowest BCUT2D eigenvalue weighted by Gasteiger charge is -2.12. The summed E-state index contributed by atoms with van der Waals surface area (Å²) in [4.78, 5) is 5.52. The standard InChI is InChI=1S/C13H18BrNO2/c14-11-5-7-12(8-6-11)16-10-9-15-17-13-3-1-2-4-13/h5-8,13,15H,1-4,9-10H2. The monoisotopic (exact) mass is 299 g/mol. The van der Waals surface area contributed by atoms with E-state index in [1.54, 1.807) is 0 Å². The number of ether oxygens (including phenoxy) is 1. The van der Waals surface area contributed by atoms with E-state index in [1.165, 1.54) is 25.7 Å². The van der Waals surface area contributed by atoms with E-state index in [4.69, 9.17) is 9.57 Å². The third kappa shape index (κ3) is 4.66. The minimum atomic E-state index is 0.405. The van der Waals surface area contributed by atoms with Gasteiger partial charge in [0.05, 0.1) is 12.6 Å². The first kappa shape index (κ1) is 12.9. The maximum absolute atomic E-state index is 5.56. The van der Waals surface area contributed by atoms with Crippen LogP contribution in [-0.2, 0) is 4.84 Å². The molecular formula is C13H18BrNO2. The average Bonchev–Trinajstić information content (AvgIpc) is 2.84. The maximum atomic E-state index is 5.56. The van der Waals surface area contributed by atoms with Gasteiger partial charge in [-0.05, 0) is 37.1 Å². The molecule has 1 aliphatic carbocycles. The van der Waals surface area contributed by atoms with Gasteiger partial charge in [0.2, 0.25) is 0 Å². The Bertz CT molecular complexity index is 323. The summed E-state index contributed by atoms with van der Waals surface area (Å²) >= 11 is 3.39. The van der Waals surface area contributed by atoms with Crippen LogP contribution in [0.15, 0.2) is 28.7 Å². The number of benzene rings is 1. The molecule has 1 N–H and O–H groups in total. The van der Waals surface area contributed by atoms with Crippen LogP contribution in [0.4, 0.5) is 0 Å². The van der Waals surface area contributed by atoms with Crippen molar-refractivity contribution in [1.29, 1.82) is 0 Å². The summed E-state index contributed by atoms with van der Waals surface area (Å²) < 4.78 is 6.62. The van der Waals surface area contributed by atoms with Gasteiger partial charge in [0.1, 0.15) is 12.4 Å². The van der Waals surface area contributed by atoms with Gasteiger partial charge in [-0.25, -0.2) is 0 Å². The van der Waals surface area contributed by atoms with E-state index in [9.17, 15) is 0 Å². The van der Waals surface area contributed by atoms with Crippen LogP contribution in [-0.4, -0.2) is 19.3 Å². The van der Waals surface area contributed by atoms with Gasteiger partial charge in [-0.2, -0.15) is 5.48 Å². The molecule has 1 fully saturated rings. The Hall–Kier alpha value is -0.580. The highest BCUT2D eigenvalue weighted by atomic mass is 79.9. The maximum Gasteiger partial charge on any atom is 0.119 e. The van der Waals surface area contributed by atoms with Crippen molar-refractivity contribution in [3.05, 3.63) is 28.7 Å². The summed E-state index contributed by atoms with van der Waals surface area (Å²) in [7, 11) is 0. The number of nitrogens with one attached hydrogen (secondary N) is 1. The molecule has 4 heteroatoms. The first-order chi connectivity index (χ1) is 8.34. The zero-order valence-corrected chi connectivity index (χ0v) is 11.4. The van der Waals surface area contributed by atoms with Gasteiger partial charge >= 0.3 is 0 Å². The zero-order valence-electron chi connectivity index (χ0n) is 9.82. The van der Waals surface area contributed by atoms with Crippen LogP contribution < -0.4 is 10.2 Å². The molecule has 0 aliphatic heterocycles. The molecule has 0 saturated heterocycles. The molecule has 1 aliphatic rings. The van der Waals surface area contributed by atoms with Crippen LogP contribution >= 0.6 is 15.9 Å². The van der Waals surface area contributed by atoms with E-state index >= 15 is 0 Å². The number of hydrogen-bond acceptors (Lipinski definition) is 3. The molecule has 1 aromatic rings. The van der Waals surface area contributed by atoms with Crippen LogP contribution in [0.2, 0.25) is 0 Å². The second-order valence-corrected chi connectivity index (χ2v) is 5.14. The first-order valence-corrected chi connectivity index (χ1v) is 6.91. The van der Waals surface area contributed by atoms with Crippen LogP contribution in [0.25, 0.3) is 0 Å². The molecule has 0 amide bonds. The third-order valence-electron chi connectivity index (χ3n) is 2.84. The summed E-state index contributed by atoms with van der Waals surface area (Å²) in [5.74, 6) is 0.885. The van der Waals surface area contributed by atoms with Gasteiger partial charge in [-0.15, -0.1) is 0 Å². The van der Waals surface area contributed by atoms with Crippen LogP contribution in [0, 0.1) is 0 Å². The third-order valence-corrected chi connectivity index (χ3v) is 3.37. The second kappa shape index (κ2) is 6.99. The Morgan fingerprint density at radius 2 is 1.88 bits per heavy atom. The molecule has 2 rings (SSSR count). The highest BCUT2D eigenvalue weighted by Gasteiger charge is 2.14. The molecule has 3 nitrogen and oxygen atoms in total. The summed E-state index contributed by atoms with van der Waals surface area (Å²) in [5.41, 5.74) is 2.97. The largest absolute Gasteiger partial charge is 0.492 e. The highest BCUT2D eigenvalue weighted by molar-refractivity contribution is 9.10. The lowest BCUT2D eigenvalue weighted by atomic mass is 10.3. The van der Waals surface area contributed by atoms with Gasteiger partial charge < -0.3 is 4.74 Å². The Morgan fingerprint density at radius 1 is 1.18 bits per heavy atom. The van der Waals surface area contributed by atoms with Crippen molar-refractivity contribution in [3.8, 4) is 5.75 Å². The molecule has 17 heavy (non-hydrogen) atoms. The molecule has 1 aromatic carbocycles. The fourth-order valence-corrected chi connectivity index (χ4v) is 2.19. The molecule has 0 unspecified atom stereocenters. The molecular weight excluding hydrogens is 282 g/mol. The average molecular weight is 300 g/mol. The zero-order chi connectivity index (χ0) is 11.9. The lowest BCUT2D eigenvalue weighted by molar-refractivity contribution is -0.0245. The van der Waals surface area contributed by atoms with Crippen LogP contribution in [0.5, 0.6) is 5.75 Å². The van der Waals surface area contributed by atoms with E-state index in [-0.39, 0.29) is 0 Å².